The highest BCUT2D eigenvalue weighted by Crippen LogP contribution is 2.25. The SMILES string of the molecule is CN1CC(c2ccc(F)c(F)c2)OC1=O. The highest BCUT2D eigenvalue weighted by molar-refractivity contribution is 5.69. The van der Waals surface area contributed by atoms with E-state index in [0.29, 0.717) is 12.1 Å². The van der Waals surface area contributed by atoms with E-state index in [1.807, 2.05) is 0 Å². The lowest BCUT2D eigenvalue weighted by Crippen LogP contribution is -2.17. The fourth-order valence-electron chi connectivity index (χ4n) is 1.46. The van der Waals surface area contributed by atoms with E-state index in [-0.39, 0.29) is 0 Å². The minimum absolute atomic E-state index is 0.351. The quantitative estimate of drug-likeness (QED) is 0.714. The van der Waals surface area contributed by atoms with Gasteiger partial charge in [-0.2, -0.15) is 0 Å². The van der Waals surface area contributed by atoms with E-state index >= 15 is 0 Å². The van der Waals surface area contributed by atoms with Gasteiger partial charge in [0.05, 0.1) is 6.54 Å². The minimum atomic E-state index is -0.932. The number of cyclic esters (lactones) is 1. The molecule has 0 spiro atoms. The van der Waals surface area contributed by atoms with Gasteiger partial charge in [-0.3, -0.25) is 0 Å². The Balaban J connectivity index is 2.24. The second-order valence-electron chi connectivity index (χ2n) is 3.43. The van der Waals surface area contributed by atoms with Crippen LogP contribution in [0.25, 0.3) is 0 Å². The molecule has 1 atom stereocenters. The molecule has 5 heteroatoms. The van der Waals surface area contributed by atoms with Gasteiger partial charge in [0.1, 0.15) is 6.10 Å². The van der Waals surface area contributed by atoms with Crippen molar-refractivity contribution in [3.8, 4) is 0 Å². The Morgan fingerprint density at radius 2 is 2.13 bits per heavy atom. The van der Waals surface area contributed by atoms with Crippen molar-refractivity contribution in [2.75, 3.05) is 13.6 Å². The predicted octanol–water partition coefficient (Wildman–Crippen LogP) is 2.09. The van der Waals surface area contributed by atoms with Gasteiger partial charge in [-0.05, 0) is 17.7 Å². The Bertz CT molecular complexity index is 408. The number of halogens is 2. The van der Waals surface area contributed by atoms with Crippen molar-refractivity contribution >= 4 is 6.09 Å². The maximum Gasteiger partial charge on any atom is 0.410 e. The lowest BCUT2D eigenvalue weighted by Gasteiger charge is -2.08. The molecular weight excluding hydrogens is 204 g/mol. The molecule has 0 aromatic heterocycles. The summed E-state index contributed by atoms with van der Waals surface area (Å²) in [4.78, 5) is 12.4. The summed E-state index contributed by atoms with van der Waals surface area (Å²) in [6.45, 7) is 0.351. The molecule has 0 radical (unpaired) electrons. The highest BCUT2D eigenvalue weighted by atomic mass is 19.2. The monoisotopic (exact) mass is 213 g/mol. The largest absolute Gasteiger partial charge is 0.439 e. The number of ether oxygens (including phenoxy) is 1. The number of carbonyl (C=O) groups excluding carboxylic acids is 1. The predicted molar refractivity (Wildman–Crippen MR) is 48.2 cm³/mol. The molecule has 15 heavy (non-hydrogen) atoms. The molecule has 1 aliphatic heterocycles. The maximum atomic E-state index is 12.9. The first kappa shape index (κ1) is 9.89. The van der Waals surface area contributed by atoms with Gasteiger partial charge in [-0.15, -0.1) is 0 Å². The third-order valence-corrected chi connectivity index (χ3v) is 2.31. The zero-order chi connectivity index (χ0) is 11.0. The molecule has 1 aliphatic rings. The fourth-order valence-corrected chi connectivity index (χ4v) is 1.46. The summed E-state index contributed by atoms with van der Waals surface area (Å²) in [5, 5.41) is 0. The van der Waals surface area contributed by atoms with E-state index in [1.165, 1.54) is 11.0 Å². The number of likely N-dealkylation sites (N-methyl/N-ethyl adjacent to an activating group) is 1. The van der Waals surface area contributed by atoms with Crippen LogP contribution < -0.4 is 0 Å². The number of rotatable bonds is 1. The summed E-state index contributed by atoms with van der Waals surface area (Å²) >= 11 is 0. The Labute approximate surface area is 85.3 Å². The van der Waals surface area contributed by atoms with E-state index in [0.717, 1.165) is 12.1 Å². The van der Waals surface area contributed by atoms with Crippen LogP contribution in [0.4, 0.5) is 13.6 Å². The average Bonchev–Trinajstić information content (AvgIpc) is 2.52. The molecule has 1 aromatic rings. The molecule has 80 valence electrons. The first-order valence-electron chi connectivity index (χ1n) is 4.44. The first-order valence-corrected chi connectivity index (χ1v) is 4.44. The lowest BCUT2D eigenvalue weighted by atomic mass is 10.1. The average molecular weight is 213 g/mol. The van der Waals surface area contributed by atoms with Crippen molar-refractivity contribution in [2.45, 2.75) is 6.10 Å². The molecule has 1 amide bonds. The first-order chi connectivity index (χ1) is 7.08. The van der Waals surface area contributed by atoms with Crippen LogP contribution in [0.2, 0.25) is 0 Å². The lowest BCUT2D eigenvalue weighted by molar-refractivity contribution is 0.134. The van der Waals surface area contributed by atoms with Crippen molar-refractivity contribution in [1.82, 2.24) is 4.90 Å². The van der Waals surface area contributed by atoms with Crippen molar-refractivity contribution in [3.63, 3.8) is 0 Å². The van der Waals surface area contributed by atoms with Gasteiger partial charge in [0.2, 0.25) is 0 Å². The molecular formula is C10H9F2NO2. The maximum absolute atomic E-state index is 12.9. The number of carbonyl (C=O) groups is 1. The number of benzene rings is 1. The van der Waals surface area contributed by atoms with Crippen molar-refractivity contribution in [1.29, 1.82) is 0 Å². The molecule has 1 heterocycles. The number of hydrogen-bond donors (Lipinski definition) is 0. The van der Waals surface area contributed by atoms with Crippen LogP contribution in [0.5, 0.6) is 0 Å². The molecule has 1 unspecified atom stereocenters. The van der Waals surface area contributed by atoms with Crippen molar-refractivity contribution in [2.24, 2.45) is 0 Å². The normalized spacial score (nSPS) is 20.6. The second kappa shape index (κ2) is 3.49. The van der Waals surface area contributed by atoms with Gasteiger partial charge in [0.15, 0.2) is 11.6 Å². The van der Waals surface area contributed by atoms with Gasteiger partial charge < -0.3 is 9.64 Å². The molecule has 0 saturated carbocycles. The van der Waals surface area contributed by atoms with Crippen LogP contribution in [0.3, 0.4) is 0 Å². The van der Waals surface area contributed by atoms with E-state index in [2.05, 4.69) is 0 Å². The minimum Gasteiger partial charge on any atom is -0.439 e. The van der Waals surface area contributed by atoms with Gasteiger partial charge in [-0.25, -0.2) is 13.6 Å². The molecule has 0 N–H and O–H groups in total. The van der Waals surface area contributed by atoms with Crippen LogP contribution in [0, 0.1) is 11.6 Å². The summed E-state index contributed by atoms with van der Waals surface area (Å²) in [5.74, 6) is -1.84. The van der Waals surface area contributed by atoms with Crippen molar-refractivity contribution < 1.29 is 18.3 Å². The van der Waals surface area contributed by atoms with Gasteiger partial charge in [0.25, 0.3) is 0 Å². The van der Waals surface area contributed by atoms with Gasteiger partial charge >= 0.3 is 6.09 Å². The molecule has 2 rings (SSSR count). The second-order valence-corrected chi connectivity index (χ2v) is 3.43. The standard InChI is InChI=1S/C10H9F2NO2/c1-13-5-9(15-10(13)14)6-2-3-7(11)8(12)4-6/h2-4,9H,5H2,1H3. The number of amides is 1. The van der Waals surface area contributed by atoms with Crippen LogP contribution in [0.15, 0.2) is 18.2 Å². The van der Waals surface area contributed by atoms with Gasteiger partial charge in [-0.1, -0.05) is 6.07 Å². The summed E-state index contributed by atoms with van der Waals surface area (Å²) in [7, 11) is 1.59. The van der Waals surface area contributed by atoms with Crippen molar-refractivity contribution in [3.05, 3.63) is 35.4 Å². The Kier molecular flexibility index (Phi) is 2.30. The van der Waals surface area contributed by atoms with E-state index < -0.39 is 23.8 Å². The van der Waals surface area contributed by atoms with Crippen LogP contribution in [0.1, 0.15) is 11.7 Å². The fraction of sp³-hybridized carbons (Fsp3) is 0.300. The third-order valence-electron chi connectivity index (χ3n) is 2.31. The molecule has 1 saturated heterocycles. The molecule has 1 fully saturated rings. The zero-order valence-electron chi connectivity index (χ0n) is 8.04. The zero-order valence-corrected chi connectivity index (χ0v) is 8.04. The van der Waals surface area contributed by atoms with Crippen LogP contribution in [-0.4, -0.2) is 24.6 Å². The van der Waals surface area contributed by atoms with E-state index in [4.69, 9.17) is 4.74 Å². The number of nitrogens with zero attached hydrogens (tertiary/aromatic N) is 1. The number of hydrogen-bond acceptors (Lipinski definition) is 2. The third kappa shape index (κ3) is 1.77. The Morgan fingerprint density at radius 1 is 1.40 bits per heavy atom. The molecule has 0 aliphatic carbocycles. The summed E-state index contributed by atoms with van der Waals surface area (Å²) in [5.41, 5.74) is 0.464. The highest BCUT2D eigenvalue weighted by Gasteiger charge is 2.29. The Morgan fingerprint density at radius 3 is 2.67 bits per heavy atom. The van der Waals surface area contributed by atoms with E-state index in [1.54, 1.807) is 7.05 Å². The van der Waals surface area contributed by atoms with Gasteiger partial charge in [0, 0.05) is 7.05 Å². The molecule has 0 bridgehead atoms. The molecule has 3 nitrogen and oxygen atoms in total. The van der Waals surface area contributed by atoms with Crippen LogP contribution in [-0.2, 0) is 4.74 Å². The Hall–Kier alpha value is -1.65. The summed E-state index contributed by atoms with van der Waals surface area (Å²) in [6, 6.07) is 3.48. The molecule has 1 aromatic carbocycles. The topological polar surface area (TPSA) is 29.5 Å². The van der Waals surface area contributed by atoms with E-state index in [9.17, 15) is 13.6 Å². The summed E-state index contributed by atoms with van der Waals surface area (Å²) < 4.78 is 30.5. The summed E-state index contributed by atoms with van der Waals surface area (Å²) in [6.07, 6.45) is -0.970. The smallest absolute Gasteiger partial charge is 0.410 e. The van der Waals surface area contributed by atoms with Crippen LogP contribution >= 0.6 is 0 Å².